The molecule has 4 heterocycles. The van der Waals surface area contributed by atoms with Gasteiger partial charge in [0.05, 0.1) is 34.9 Å². The van der Waals surface area contributed by atoms with Crippen molar-refractivity contribution in [1.82, 2.24) is 34.2 Å². The molecule has 3 aromatic carbocycles. The maximum absolute atomic E-state index is 13.9. The number of nitrogens with two attached hydrogens (primary N) is 1. The van der Waals surface area contributed by atoms with Gasteiger partial charge in [0.15, 0.2) is 0 Å². The lowest BCUT2D eigenvalue weighted by atomic mass is 9.65. The highest BCUT2D eigenvalue weighted by Crippen LogP contribution is 2.48. The number of halogens is 4. The number of fused-ring (bicyclic) bond motifs is 1. The van der Waals surface area contributed by atoms with E-state index in [1.54, 1.807) is 39.2 Å². The van der Waals surface area contributed by atoms with Crippen LogP contribution in [-0.4, -0.2) is 99.0 Å². The minimum absolute atomic E-state index is 0.0288. The Hall–Kier alpha value is -5.94. The molecule has 5 aromatic rings. The van der Waals surface area contributed by atoms with E-state index in [2.05, 4.69) is 30.1 Å². The molecule has 0 radical (unpaired) electrons. The third-order valence-electron chi connectivity index (χ3n) is 15.9. The van der Waals surface area contributed by atoms with Gasteiger partial charge in [-0.25, -0.2) is 14.8 Å². The topological polar surface area (TPSA) is 172 Å². The van der Waals surface area contributed by atoms with Crippen LogP contribution in [0.2, 0.25) is 5.02 Å². The van der Waals surface area contributed by atoms with Gasteiger partial charge in [0.2, 0.25) is 5.91 Å². The van der Waals surface area contributed by atoms with Gasteiger partial charge >= 0.3 is 11.9 Å². The van der Waals surface area contributed by atoms with Crippen LogP contribution in [0.25, 0.3) is 16.6 Å². The highest BCUT2D eigenvalue weighted by molar-refractivity contribution is 6.32. The Morgan fingerprint density at radius 1 is 0.901 bits per heavy atom. The van der Waals surface area contributed by atoms with E-state index in [4.69, 9.17) is 22.1 Å². The molecule has 2 saturated heterocycles. The van der Waals surface area contributed by atoms with Crippen molar-refractivity contribution in [3.8, 4) is 11.4 Å². The molecule has 71 heavy (non-hydrogen) atoms. The van der Waals surface area contributed by atoms with Gasteiger partial charge in [-0.2, -0.15) is 13.2 Å². The Morgan fingerprint density at radius 2 is 1.62 bits per heavy atom. The number of nitrogen functional groups attached to an aromatic ring is 1. The van der Waals surface area contributed by atoms with Crippen LogP contribution in [-0.2, 0) is 11.0 Å². The van der Waals surface area contributed by atoms with Crippen LogP contribution in [0.5, 0.6) is 5.75 Å². The molecule has 2 aromatic heterocycles. The summed E-state index contributed by atoms with van der Waals surface area (Å²) >= 11 is 6.41. The van der Waals surface area contributed by atoms with E-state index >= 15 is 0 Å². The number of aromatic amines is 1. The Kier molecular flexibility index (Phi) is 14.5. The largest absolute Gasteiger partial charge is 0.496 e. The van der Waals surface area contributed by atoms with E-state index in [1.165, 1.54) is 48.6 Å². The lowest BCUT2D eigenvalue weighted by Crippen LogP contribution is -2.51. The molecule has 4 aliphatic rings. The zero-order chi connectivity index (χ0) is 50.2. The lowest BCUT2D eigenvalue weighted by Gasteiger charge is -2.46. The minimum atomic E-state index is -4.53. The minimum Gasteiger partial charge on any atom is -0.496 e. The Morgan fingerprint density at radius 3 is 2.30 bits per heavy atom. The van der Waals surface area contributed by atoms with Crippen LogP contribution in [0.4, 0.5) is 24.7 Å². The predicted molar refractivity (Wildman–Crippen MR) is 268 cm³/mol. The first kappa shape index (κ1) is 50.0. The van der Waals surface area contributed by atoms with E-state index in [0.29, 0.717) is 63.8 Å². The number of ether oxygens (including phenoxy) is 1. The number of aryl methyl sites for hydroxylation is 1. The van der Waals surface area contributed by atoms with Gasteiger partial charge in [0.1, 0.15) is 17.4 Å². The molecule has 2 aliphatic carbocycles. The summed E-state index contributed by atoms with van der Waals surface area (Å²) in [5.41, 5.74) is 7.11. The number of piperazine rings is 1. The number of carbonyl (C=O) groups excluding carboxylic acids is 2. The number of H-pyrrole nitrogens is 1. The quantitative estimate of drug-likeness (QED) is 0.108. The van der Waals surface area contributed by atoms with Crippen molar-refractivity contribution in [1.29, 1.82) is 0 Å². The number of piperidine rings is 1. The Labute approximate surface area is 416 Å². The van der Waals surface area contributed by atoms with Gasteiger partial charge in [-0.1, -0.05) is 11.6 Å². The smallest absolute Gasteiger partial charge is 0.416 e. The van der Waals surface area contributed by atoms with Gasteiger partial charge in [-0.15, -0.1) is 0 Å². The normalized spacial score (nSPS) is 20.5. The van der Waals surface area contributed by atoms with Crippen LogP contribution >= 0.6 is 11.6 Å². The fraction of sp³-hybridized carbons (Fsp3) is 0.509. The average Bonchev–Trinajstić information content (AvgIpc) is 3.35. The van der Waals surface area contributed by atoms with Crippen molar-refractivity contribution < 1.29 is 27.5 Å². The van der Waals surface area contributed by atoms with Crippen molar-refractivity contribution in [3.05, 3.63) is 115 Å². The number of anilines is 2. The zero-order valence-electron chi connectivity index (χ0n) is 40.6. The van der Waals surface area contributed by atoms with Crippen LogP contribution in [0.1, 0.15) is 122 Å². The maximum atomic E-state index is 13.9. The number of alkyl halides is 3. The van der Waals surface area contributed by atoms with E-state index in [9.17, 15) is 32.3 Å². The molecule has 2 amide bonds. The molecule has 2 saturated carbocycles. The van der Waals surface area contributed by atoms with Gasteiger partial charge in [0.25, 0.3) is 11.5 Å². The number of nitrogens with one attached hydrogen (secondary N) is 2. The van der Waals surface area contributed by atoms with Crippen molar-refractivity contribution in [2.24, 2.45) is 17.3 Å². The molecular weight excluding hydrogens is 935 g/mol. The summed E-state index contributed by atoms with van der Waals surface area (Å²) in [6.45, 7) is 9.20. The average molecular weight is 999 g/mol. The molecule has 0 bridgehead atoms. The maximum Gasteiger partial charge on any atom is 0.416 e. The molecule has 1 atom stereocenters. The number of carbonyl (C=O) groups is 2. The van der Waals surface area contributed by atoms with Crippen molar-refractivity contribution in [2.45, 2.75) is 103 Å². The molecule has 4 N–H and O–H groups in total. The van der Waals surface area contributed by atoms with Gasteiger partial charge in [0, 0.05) is 80.2 Å². The summed E-state index contributed by atoms with van der Waals surface area (Å²) in [7, 11) is 1.64. The third kappa shape index (κ3) is 11.1. The van der Waals surface area contributed by atoms with Gasteiger partial charge < -0.3 is 25.6 Å². The first-order chi connectivity index (χ1) is 34.0. The number of benzene rings is 3. The number of hydrogen-bond acceptors (Lipinski definition) is 10. The summed E-state index contributed by atoms with van der Waals surface area (Å²) in [5.74, 6) is 2.69. The van der Waals surface area contributed by atoms with Crippen molar-refractivity contribution >= 4 is 45.8 Å². The predicted octanol–water partition coefficient (Wildman–Crippen LogP) is 9.13. The second-order valence-electron chi connectivity index (χ2n) is 20.4. The summed E-state index contributed by atoms with van der Waals surface area (Å²) in [5, 5.41) is 4.38. The second kappa shape index (κ2) is 20.7. The number of nitrogens with zero attached hydrogens (tertiary/aromatic N) is 6. The molecule has 18 heteroatoms. The number of likely N-dealkylation sites (tertiary alicyclic amines) is 1. The van der Waals surface area contributed by atoms with Crippen molar-refractivity contribution in [3.63, 3.8) is 0 Å². The van der Waals surface area contributed by atoms with E-state index in [0.717, 1.165) is 101 Å². The number of aromatic nitrogens is 4. The van der Waals surface area contributed by atoms with Gasteiger partial charge in [-0.3, -0.25) is 28.8 Å². The standard InChI is InChI=1S/C53H63ClF3N9O5/c1-32(38-26-39(53(55,56)57)29-40(58)27-38)59-48-42-30-41(46(71-3)31-44(42)60-33(2)61-48)35-4-6-36(7-5-35)49(68)65-24-22-63(23-25-65)18-12-34-10-14-52(15-11-34)16-20-64(21-17-52)50(69)37-8-9-43(54)45(28-37)66-19-13-47(67)62-51(66)70/h8-9,13,19,26-32,34-36H,4-7,10-12,14-18,20-25,58H2,1-3H3,(H,59,60,61)(H,62,67,70)/t32-,35?,36?/m1/s1. The fourth-order valence-electron chi connectivity index (χ4n) is 11.6. The lowest BCUT2D eigenvalue weighted by molar-refractivity contribution is -0.138. The molecule has 0 unspecified atom stereocenters. The highest BCUT2D eigenvalue weighted by atomic mass is 35.5. The van der Waals surface area contributed by atoms with Crippen molar-refractivity contribution in [2.75, 3.05) is 64.0 Å². The van der Waals surface area contributed by atoms with E-state index in [-0.39, 0.29) is 34.8 Å². The zero-order valence-corrected chi connectivity index (χ0v) is 41.4. The fourth-order valence-corrected chi connectivity index (χ4v) is 11.8. The highest BCUT2D eigenvalue weighted by Gasteiger charge is 2.40. The molecule has 378 valence electrons. The van der Waals surface area contributed by atoms with Crippen LogP contribution in [0.3, 0.4) is 0 Å². The molecule has 14 nitrogen and oxygen atoms in total. The summed E-state index contributed by atoms with van der Waals surface area (Å²) in [4.78, 5) is 69.6. The third-order valence-corrected chi connectivity index (χ3v) is 16.2. The number of hydrogen-bond donors (Lipinski definition) is 3. The SMILES string of the molecule is COc1cc2nc(C)nc(N[C@H](C)c3cc(N)cc(C(F)(F)F)c3)c2cc1C1CCC(C(=O)N2CCN(CCC3CCC4(CC3)CCN(C(=O)c3ccc(Cl)c(-n5ccc(=O)[nH]c5=O)c3)CC4)CC2)CC1. The molecular formula is C53H63ClF3N9O5. The number of rotatable bonds is 11. The molecule has 2 aliphatic heterocycles. The Bertz CT molecular complexity index is 2890. The Balaban J connectivity index is 0.724. The monoisotopic (exact) mass is 997 g/mol. The number of methoxy groups -OCH3 is 1. The first-order valence-electron chi connectivity index (χ1n) is 25.0. The first-order valence-corrected chi connectivity index (χ1v) is 25.4. The van der Waals surface area contributed by atoms with Crippen LogP contribution < -0.4 is 27.0 Å². The summed E-state index contributed by atoms with van der Waals surface area (Å²) in [6, 6.07) is 13.1. The molecule has 1 spiro atoms. The van der Waals surface area contributed by atoms with Crippen LogP contribution in [0.15, 0.2) is 70.4 Å². The summed E-state index contributed by atoms with van der Waals surface area (Å²) < 4.78 is 48.0. The summed E-state index contributed by atoms with van der Waals surface area (Å²) in [6.07, 6.45) is 7.86. The van der Waals surface area contributed by atoms with Crippen LogP contribution in [0, 0.1) is 24.2 Å². The van der Waals surface area contributed by atoms with Gasteiger partial charge in [-0.05, 0) is 162 Å². The molecule has 9 rings (SSSR count). The van der Waals surface area contributed by atoms with E-state index in [1.807, 2.05) is 17.0 Å². The molecule has 4 fully saturated rings. The second-order valence-corrected chi connectivity index (χ2v) is 20.8. The van der Waals surface area contributed by atoms with E-state index < -0.39 is 29.0 Å². The number of amides is 2.